The number of hydrogen-bond donors (Lipinski definition) is 0. The van der Waals surface area contributed by atoms with Crippen molar-refractivity contribution in [3.05, 3.63) is 83.3 Å². The normalized spacial score (nSPS) is 20.8. The minimum atomic E-state index is 0.496. The fourth-order valence-corrected chi connectivity index (χ4v) is 4.30. The van der Waals surface area contributed by atoms with Gasteiger partial charge < -0.3 is 4.57 Å². The van der Waals surface area contributed by atoms with Crippen LogP contribution >= 0.6 is 0 Å². The minimum Gasteiger partial charge on any atom is -0.314 e. The van der Waals surface area contributed by atoms with E-state index in [2.05, 4.69) is 71.6 Å². The Morgan fingerprint density at radius 2 is 2.04 bits per heavy atom. The lowest BCUT2D eigenvalue weighted by molar-refractivity contribution is 0.557. The first kappa shape index (κ1) is 14.7. The Bertz CT molecular complexity index is 922. The molecule has 3 aliphatic rings. The van der Waals surface area contributed by atoms with Gasteiger partial charge in [0, 0.05) is 23.9 Å². The molecule has 0 radical (unpaired) electrons. The molecule has 0 fully saturated rings. The standard InChI is InChI=1S/C23H22N2/c1-2-6-17(7-3-1)12-13-18-8-5-11-21-22(18)24-16-20-10-4-9-19-14-15-25(21)23(19)20/h1-3,5-7,10-11,14-16,18H,4,8-9,12-13H2. The van der Waals surface area contributed by atoms with Crippen LogP contribution in [0.1, 0.15) is 36.1 Å². The Morgan fingerprint density at radius 3 is 2.96 bits per heavy atom. The van der Waals surface area contributed by atoms with E-state index in [9.17, 15) is 0 Å². The Morgan fingerprint density at radius 1 is 1.12 bits per heavy atom. The number of rotatable bonds is 3. The van der Waals surface area contributed by atoms with E-state index in [0.717, 1.165) is 32.1 Å². The summed E-state index contributed by atoms with van der Waals surface area (Å²) in [6.07, 6.45) is 16.9. The lowest BCUT2D eigenvalue weighted by atomic mass is 9.89. The highest BCUT2D eigenvalue weighted by Gasteiger charge is 2.26. The number of nitrogens with zero attached hydrogens (tertiary/aromatic N) is 2. The summed E-state index contributed by atoms with van der Waals surface area (Å²) >= 11 is 0. The zero-order chi connectivity index (χ0) is 16.6. The zero-order valence-corrected chi connectivity index (χ0v) is 14.4. The minimum absolute atomic E-state index is 0.496. The van der Waals surface area contributed by atoms with E-state index >= 15 is 0 Å². The van der Waals surface area contributed by atoms with Crippen LogP contribution in [0.15, 0.2) is 71.5 Å². The molecule has 1 unspecified atom stereocenters. The molecule has 2 heterocycles. The molecular weight excluding hydrogens is 304 g/mol. The van der Waals surface area contributed by atoms with E-state index in [0.29, 0.717) is 5.92 Å². The molecule has 2 aromatic rings. The van der Waals surface area contributed by atoms with Crippen molar-refractivity contribution >= 4 is 17.5 Å². The zero-order valence-electron chi connectivity index (χ0n) is 14.4. The molecular formula is C23H22N2. The molecule has 124 valence electrons. The molecule has 1 aromatic carbocycles. The second-order valence-corrected chi connectivity index (χ2v) is 7.15. The van der Waals surface area contributed by atoms with Crippen LogP contribution in [0.5, 0.6) is 0 Å². The first-order valence-electron chi connectivity index (χ1n) is 9.30. The quantitative estimate of drug-likeness (QED) is 0.730. The van der Waals surface area contributed by atoms with Crippen LogP contribution in [0.3, 0.4) is 0 Å². The average Bonchev–Trinajstić information content (AvgIpc) is 3.02. The predicted molar refractivity (Wildman–Crippen MR) is 104 cm³/mol. The largest absolute Gasteiger partial charge is 0.314 e. The van der Waals surface area contributed by atoms with Gasteiger partial charge in [-0.1, -0.05) is 42.5 Å². The summed E-state index contributed by atoms with van der Waals surface area (Å²) in [6.45, 7) is 0. The summed E-state index contributed by atoms with van der Waals surface area (Å²) < 4.78 is 2.37. The molecule has 0 bridgehead atoms. The molecule has 1 aromatic heterocycles. The summed E-state index contributed by atoms with van der Waals surface area (Å²) in [5.41, 5.74) is 8.04. The molecule has 0 amide bonds. The van der Waals surface area contributed by atoms with Crippen LogP contribution in [0, 0.1) is 5.92 Å². The fraction of sp³-hybridized carbons (Fsp3) is 0.261. The van der Waals surface area contributed by atoms with Gasteiger partial charge in [0.25, 0.3) is 0 Å². The second-order valence-electron chi connectivity index (χ2n) is 7.15. The van der Waals surface area contributed by atoms with Gasteiger partial charge in [0.15, 0.2) is 0 Å². The van der Waals surface area contributed by atoms with Crippen LogP contribution in [0.25, 0.3) is 11.3 Å². The van der Waals surface area contributed by atoms with E-state index in [1.54, 1.807) is 0 Å². The average molecular weight is 326 g/mol. The van der Waals surface area contributed by atoms with Crippen molar-refractivity contribution < 1.29 is 0 Å². The van der Waals surface area contributed by atoms with Crippen LogP contribution in [0.2, 0.25) is 0 Å². The van der Waals surface area contributed by atoms with Gasteiger partial charge in [0.2, 0.25) is 0 Å². The molecule has 5 rings (SSSR count). The summed E-state index contributed by atoms with van der Waals surface area (Å²) in [5, 5.41) is 0. The van der Waals surface area contributed by atoms with Crippen molar-refractivity contribution in [2.24, 2.45) is 10.9 Å². The number of benzene rings is 1. The second kappa shape index (κ2) is 6.03. The third-order valence-electron chi connectivity index (χ3n) is 5.59. The van der Waals surface area contributed by atoms with Gasteiger partial charge in [0.1, 0.15) is 0 Å². The lowest BCUT2D eigenvalue weighted by Gasteiger charge is -2.23. The van der Waals surface area contributed by atoms with E-state index in [-0.39, 0.29) is 0 Å². The number of aryl methyl sites for hydroxylation is 2. The van der Waals surface area contributed by atoms with Gasteiger partial charge >= 0.3 is 0 Å². The molecule has 1 atom stereocenters. The molecule has 0 saturated heterocycles. The third-order valence-corrected chi connectivity index (χ3v) is 5.59. The van der Waals surface area contributed by atoms with E-state index < -0.39 is 0 Å². The van der Waals surface area contributed by atoms with E-state index in [4.69, 9.17) is 4.99 Å². The van der Waals surface area contributed by atoms with Crippen LogP contribution in [-0.4, -0.2) is 10.8 Å². The molecule has 2 heteroatoms. The Labute approximate surface area is 148 Å². The smallest absolute Gasteiger partial charge is 0.0677 e. The predicted octanol–water partition coefficient (Wildman–Crippen LogP) is 5.28. The topological polar surface area (TPSA) is 17.3 Å². The summed E-state index contributed by atoms with van der Waals surface area (Å²) in [6, 6.07) is 13.1. The number of allylic oxidation sites excluding steroid dienone is 6. The third kappa shape index (κ3) is 2.53. The van der Waals surface area contributed by atoms with Crippen molar-refractivity contribution in [1.82, 2.24) is 4.57 Å². The van der Waals surface area contributed by atoms with Gasteiger partial charge in [-0.25, -0.2) is 0 Å². The highest BCUT2D eigenvalue weighted by Crippen LogP contribution is 2.38. The molecule has 2 nitrogen and oxygen atoms in total. The SMILES string of the molecule is C1=CC2=C(N=CC3=CCCc4ccn2c43)C(CCc2ccccc2)C1. The van der Waals surface area contributed by atoms with Crippen LogP contribution in [0.4, 0.5) is 0 Å². The fourth-order valence-electron chi connectivity index (χ4n) is 4.30. The van der Waals surface area contributed by atoms with Crippen molar-refractivity contribution in [2.45, 2.75) is 32.1 Å². The molecule has 0 spiro atoms. The molecule has 1 aliphatic heterocycles. The van der Waals surface area contributed by atoms with Gasteiger partial charge in [-0.3, -0.25) is 4.99 Å². The van der Waals surface area contributed by atoms with Crippen molar-refractivity contribution in [3.8, 4) is 0 Å². The van der Waals surface area contributed by atoms with Gasteiger partial charge in [-0.15, -0.1) is 0 Å². The first-order valence-corrected chi connectivity index (χ1v) is 9.30. The highest BCUT2D eigenvalue weighted by atomic mass is 15.0. The maximum absolute atomic E-state index is 4.97. The first-order chi connectivity index (χ1) is 12.4. The Kier molecular flexibility index (Phi) is 3.55. The number of aliphatic imine (C=N–C) groups is 1. The van der Waals surface area contributed by atoms with Crippen molar-refractivity contribution in [2.75, 3.05) is 0 Å². The van der Waals surface area contributed by atoms with Gasteiger partial charge in [-0.2, -0.15) is 0 Å². The van der Waals surface area contributed by atoms with E-state index in [1.165, 1.54) is 33.8 Å². The van der Waals surface area contributed by atoms with Crippen LogP contribution < -0.4 is 0 Å². The Hall–Kier alpha value is -2.61. The van der Waals surface area contributed by atoms with E-state index in [1.807, 2.05) is 0 Å². The maximum atomic E-state index is 4.97. The summed E-state index contributed by atoms with van der Waals surface area (Å²) in [7, 11) is 0. The lowest BCUT2D eigenvalue weighted by Crippen LogP contribution is -2.12. The molecule has 0 saturated carbocycles. The van der Waals surface area contributed by atoms with Crippen molar-refractivity contribution in [1.29, 1.82) is 0 Å². The van der Waals surface area contributed by atoms with Crippen molar-refractivity contribution in [3.63, 3.8) is 0 Å². The molecule has 0 N–H and O–H groups in total. The van der Waals surface area contributed by atoms with Gasteiger partial charge in [-0.05, 0) is 55.4 Å². The Balaban J connectivity index is 1.51. The molecule has 2 aliphatic carbocycles. The number of aromatic nitrogens is 1. The monoisotopic (exact) mass is 326 g/mol. The maximum Gasteiger partial charge on any atom is 0.0677 e. The summed E-state index contributed by atoms with van der Waals surface area (Å²) in [5.74, 6) is 0.496. The highest BCUT2D eigenvalue weighted by molar-refractivity contribution is 6.12. The molecule has 25 heavy (non-hydrogen) atoms. The number of fused-ring (bicyclic) bond motifs is 1. The number of hydrogen-bond acceptors (Lipinski definition) is 1. The summed E-state index contributed by atoms with van der Waals surface area (Å²) in [4.78, 5) is 4.97. The van der Waals surface area contributed by atoms with Crippen LogP contribution in [-0.2, 0) is 12.8 Å². The van der Waals surface area contributed by atoms with Gasteiger partial charge in [0.05, 0.1) is 17.1 Å².